The van der Waals surface area contributed by atoms with Gasteiger partial charge in [0.05, 0.1) is 0 Å². The van der Waals surface area contributed by atoms with Crippen molar-refractivity contribution in [1.29, 1.82) is 0 Å². The third-order valence-corrected chi connectivity index (χ3v) is 4.69. The van der Waals surface area contributed by atoms with E-state index in [4.69, 9.17) is 0 Å². The smallest absolute Gasteiger partial charge is 0.248 e. The van der Waals surface area contributed by atoms with Gasteiger partial charge in [0.1, 0.15) is 5.54 Å². The van der Waals surface area contributed by atoms with Gasteiger partial charge < -0.3 is 10.2 Å². The highest BCUT2D eigenvalue weighted by atomic mass is 16.2. The summed E-state index contributed by atoms with van der Waals surface area (Å²) in [4.78, 5) is 26.3. The lowest BCUT2D eigenvalue weighted by Crippen LogP contribution is -2.55. The maximum Gasteiger partial charge on any atom is 0.248 e. The van der Waals surface area contributed by atoms with E-state index in [-0.39, 0.29) is 11.8 Å². The average Bonchev–Trinajstić information content (AvgIpc) is 2.52. The Bertz CT molecular complexity index is 350. The van der Waals surface area contributed by atoms with E-state index in [9.17, 15) is 9.59 Å². The van der Waals surface area contributed by atoms with Gasteiger partial charge in [0.15, 0.2) is 0 Å². The molecule has 0 radical (unpaired) electrons. The topological polar surface area (TPSA) is 49.4 Å². The van der Waals surface area contributed by atoms with Crippen molar-refractivity contribution in [3.63, 3.8) is 0 Å². The number of nitrogens with zero attached hydrogens (tertiary/aromatic N) is 1. The molecule has 2 rings (SSSR count). The van der Waals surface area contributed by atoms with Crippen molar-refractivity contribution >= 4 is 11.8 Å². The summed E-state index contributed by atoms with van der Waals surface area (Å²) in [6.07, 6.45) is 7.45. The summed E-state index contributed by atoms with van der Waals surface area (Å²) >= 11 is 0. The lowest BCUT2D eigenvalue weighted by atomic mass is 9.88. The van der Waals surface area contributed by atoms with E-state index >= 15 is 0 Å². The van der Waals surface area contributed by atoms with E-state index < -0.39 is 5.54 Å². The minimum absolute atomic E-state index is 0.00356. The molecule has 0 spiro atoms. The van der Waals surface area contributed by atoms with Crippen molar-refractivity contribution in [2.24, 2.45) is 5.92 Å². The van der Waals surface area contributed by atoms with Crippen LogP contribution in [-0.4, -0.2) is 35.3 Å². The third kappa shape index (κ3) is 3.28. The molecule has 1 saturated carbocycles. The molecule has 2 aliphatic rings. The molecule has 0 aromatic carbocycles. The van der Waals surface area contributed by atoms with E-state index in [1.165, 1.54) is 32.1 Å². The highest BCUT2D eigenvalue weighted by Crippen LogP contribution is 2.26. The zero-order valence-corrected chi connectivity index (χ0v) is 12.2. The highest BCUT2D eigenvalue weighted by Gasteiger charge is 2.39. The lowest BCUT2D eigenvalue weighted by molar-refractivity contribution is -0.138. The van der Waals surface area contributed by atoms with E-state index in [0.717, 1.165) is 6.54 Å². The standard InChI is InChI=1S/C15H26N2O2/c1-3-15(2)14(19)17(10-9-13(18)16-15)11-12-7-5-4-6-8-12/h12H,3-11H2,1-2H3,(H,16,18). The van der Waals surface area contributed by atoms with E-state index in [1.54, 1.807) is 0 Å². The Kier molecular flexibility index (Phi) is 4.48. The summed E-state index contributed by atoms with van der Waals surface area (Å²) in [6.45, 7) is 5.23. The SMILES string of the molecule is CCC1(C)NC(=O)CCN(CC2CCCCC2)C1=O. The molecule has 1 N–H and O–H groups in total. The van der Waals surface area contributed by atoms with Crippen LogP contribution in [0, 0.1) is 5.92 Å². The van der Waals surface area contributed by atoms with Crippen molar-refractivity contribution in [2.45, 2.75) is 64.3 Å². The van der Waals surface area contributed by atoms with Gasteiger partial charge in [-0.05, 0) is 32.1 Å². The zero-order valence-electron chi connectivity index (χ0n) is 12.2. The van der Waals surface area contributed by atoms with E-state index in [1.807, 2.05) is 18.7 Å². The van der Waals surface area contributed by atoms with E-state index in [2.05, 4.69) is 5.32 Å². The molecule has 4 heteroatoms. The molecule has 1 aliphatic carbocycles. The molecule has 4 nitrogen and oxygen atoms in total. The van der Waals surface area contributed by atoms with Crippen LogP contribution < -0.4 is 5.32 Å². The van der Waals surface area contributed by atoms with Crippen LogP contribution in [-0.2, 0) is 9.59 Å². The number of rotatable bonds is 3. The van der Waals surface area contributed by atoms with Crippen LogP contribution in [0.4, 0.5) is 0 Å². The van der Waals surface area contributed by atoms with Gasteiger partial charge in [0.25, 0.3) is 0 Å². The Balaban J connectivity index is 2.05. The zero-order chi connectivity index (χ0) is 13.9. The first-order chi connectivity index (χ1) is 9.05. The minimum Gasteiger partial charge on any atom is -0.342 e. The minimum atomic E-state index is -0.706. The molecule has 0 aromatic rings. The van der Waals surface area contributed by atoms with Crippen LogP contribution in [0.15, 0.2) is 0 Å². The molecular weight excluding hydrogens is 240 g/mol. The average molecular weight is 266 g/mol. The van der Waals surface area contributed by atoms with Crippen molar-refractivity contribution in [3.05, 3.63) is 0 Å². The maximum absolute atomic E-state index is 12.6. The number of amides is 2. The molecule has 1 saturated heterocycles. The maximum atomic E-state index is 12.6. The molecule has 108 valence electrons. The van der Waals surface area contributed by atoms with Gasteiger partial charge in [-0.1, -0.05) is 26.2 Å². The molecule has 2 fully saturated rings. The number of hydrogen-bond donors (Lipinski definition) is 1. The summed E-state index contributed by atoms with van der Waals surface area (Å²) in [5.41, 5.74) is -0.706. The molecule has 19 heavy (non-hydrogen) atoms. The fourth-order valence-electron chi connectivity index (χ4n) is 3.21. The van der Waals surface area contributed by atoms with Crippen molar-refractivity contribution < 1.29 is 9.59 Å². The van der Waals surface area contributed by atoms with Gasteiger partial charge >= 0.3 is 0 Å². The Morgan fingerprint density at radius 3 is 2.58 bits per heavy atom. The first-order valence-corrected chi connectivity index (χ1v) is 7.65. The van der Waals surface area contributed by atoms with Crippen LogP contribution in [0.25, 0.3) is 0 Å². The summed E-state index contributed by atoms with van der Waals surface area (Å²) in [7, 11) is 0. The third-order valence-electron chi connectivity index (χ3n) is 4.69. The van der Waals surface area contributed by atoms with Crippen molar-refractivity contribution in [1.82, 2.24) is 10.2 Å². The Morgan fingerprint density at radius 1 is 1.26 bits per heavy atom. The second kappa shape index (κ2) is 5.93. The van der Waals surface area contributed by atoms with Gasteiger partial charge in [-0.15, -0.1) is 0 Å². The van der Waals surface area contributed by atoms with Gasteiger partial charge in [0.2, 0.25) is 11.8 Å². The number of carbonyl (C=O) groups excluding carboxylic acids is 2. The monoisotopic (exact) mass is 266 g/mol. The summed E-state index contributed by atoms with van der Waals surface area (Å²) in [6, 6.07) is 0. The van der Waals surface area contributed by atoms with Crippen molar-refractivity contribution in [2.75, 3.05) is 13.1 Å². The number of carbonyl (C=O) groups is 2. The molecule has 1 atom stereocenters. The Hall–Kier alpha value is -1.06. The fourth-order valence-corrected chi connectivity index (χ4v) is 3.21. The normalized spacial score (nSPS) is 30.1. The molecule has 2 amide bonds. The predicted octanol–water partition coefficient (Wildman–Crippen LogP) is 2.08. The quantitative estimate of drug-likeness (QED) is 0.850. The summed E-state index contributed by atoms with van der Waals surface area (Å²) < 4.78 is 0. The summed E-state index contributed by atoms with van der Waals surface area (Å²) in [5.74, 6) is 0.738. The van der Waals surface area contributed by atoms with Gasteiger partial charge in [-0.25, -0.2) is 0 Å². The van der Waals surface area contributed by atoms with Gasteiger partial charge in [0, 0.05) is 19.5 Å². The lowest BCUT2D eigenvalue weighted by Gasteiger charge is -2.34. The molecule has 0 bridgehead atoms. The van der Waals surface area contributed by atoms with Gasteiger partial charge in [-0.2, -0.15) is 0 Å². The fraction of sp³-hybridized carbons (Fsp3) is 0.867. The van der Waals surface area contributed by atoms with Crippen LogP contribution >= 0.6 is 0 Å². The van der Waals surface area contributed by atoms with Crippen LogP contribution in [0.1, 0.15) is 58.8 Å². The van der Waals surface area contributed by atoms with Crippen LogP contribution in [0.2, 0.25) is 0 Å². The second-order valence-electron chi connectivity index (χ2n) is 6.24. The summed E-state index contributed by atoms with van der Waals surface area (Å²) in [5, 5.41) is 2.89. The van der Waals surface area contributed by atoms with Crippen LogP contribution in [0.5, 0.6) is 0 Å². The second-order valence-corrected chi connectivity index (χ2v) is 6.24. The molecule has 1 unspecified atom stereocenters. The van der Waals surface area contributed by atoms with Crippen LogP contribution in [0.3, 0.4) is 0 Å². The molecule has 1 aliphatic heterocycles. The highest BCUT2D eigenvalue weighted by molar-refractivity contribution is 5.93. The van der Waals surface area contributed by atoms with E-state index in [0.29, 0.717) is 25.3 Å². The first-order valence-electron chi connectivity index (χ1n) is 7.65. The predicted molar refractivity (Wildman–Crippen MR) is 74.6 cm³/mol. The molecule has 1 heterocycles. The largest absolute Gasteiger partial charge is 0.342 e. The number of nitrogens with one attached hydrogen (secondary N) is 1. The number of hydrogen-bond acceptors (Lipinski definition) is 2. The molecular formula is C15H26N2O2. The Labute approximate surface area is 115 Å². The van der Waals surface area contributed by atoms with Gasteiger partial charge in [-0.3, -0.25) is 9.59 Å². The Morgan fingerprint density at radius 2 is 1.95 bits per heavy atom. The first kappa shape index (κ1) is 14.4. The van der Waals surface area contributed by atoms with Crippen molar-refractivity contribution in [3.8, 4) is 0 Å². The molecule has 0 aromatic heterocycles.